The van der Waals surface area contributed by atoms with Crippen molar-refractivity contribution in [1.29, 1.82) is 0 Å². The molecule has 30 heavy (non-hydrogen) atoms. The Bertz CT molecular complexity index is 1100. The van der Waals surface area contributed by atoms with Crippen molar-refractivity contribution in [1.82, 2.24) is 9.29 Å². The van der Waals surface area contributed by atoms with Crippen LogP contribution in [0.3, 0.4) is 0 Å². The molecule has 1 aromatic heterocycles. The van der Waals surface area contributed by atoms with Crippen LogP contribution in [0.1, 0.15) is 36.4 Å². The molecule has 0 fully saturated rings. The molecule has 2 heterocycles. The Morgan fingerprint density at radius 1 is 1.07 bits per heavy atom. The second-order valence-electron chi connectivity index (χ2n) is 7.33. The van der Waals surface area contributed by atoms with Crippen molar-refractivity contribution >= 4 is 21.4 Å². The molecule has 0 saturated carbocycles. The summed E-state index contributed by atoms with van der Waals surface area (Å²) in [7, 11) is -3.51. The van der Waals surface area contributed by atoms with E-state index in [9.17, 15) is 8.42 Å². The number of aryl methyl sites for hydroxylation is 1. The lowest BCUT2D eigenvalue weighted by Gasteiger charge is -2.25. The summed E-state index contributed by atoms with van der Waals surface area (Å²) in [6.07, 6.45) is 2.64. The van der Waals surface area contributed by atoms with Gasteiger partial charge in [-0.3, -0.25) is 0 Å². The second kappa shape index (κ2) is 8.88. The molecular formula is C23H26N2O3S2. The van der Waals surface area contributed by atoms with Crippen molar-refractivity contribution in [2.45, 2.75) is 44.6 Å². The summed E-state index contributed by atoms with van der Waals surface area (Å²) in [5.41, 5.74) is 3.20. The number of rotatable bonds is 7. The van der Waals surface area contributed by atoms with Crippen molar-refractivity contribution in [2.75, 3.05) is 13.2 Å². The maximum absolute atomic E-state index is 13.1. The van der Waals surface area contributed by atoms with Crippen LogP contribution in [0.5, 0.6) is 5.75 Å². The maximum Gasteiger partial charge on any atom is 0.243 e. The van der Waals surface area contributed by atoms with Crippen molar-refractivity contribution in [3.05, 3.63) is 64.7 Å². The quantitative estimate of drug-likeness (QED) is 0.522. The van der Waals surface area contributed by atoms with Crippen molar-refractivity contribution in [2.24, 2.45) is 0 Å². The van der Waals surface area contributed by atoms with Gasteiger partial charge in [-0.25, -0.2) is 13.4 Å². The van der Waals surface area contributed by atoms with Gasteiger partial charge in [0, 0.05) is 23.4 Å². The summed E-state index contributed by atoms with van der Waals surface area (Å²) >= 11 is 1.57. The number of hydrogen-bond donors (Lipinski definition) is 0. The molecule has 1 aliphatic heterocycles. The van der Waals surface area contributed by atoms with Gasteiger partial charge in [0.15, 0.2) is 0 Å². The van der Waals surface area contributed by atoms with E-state index in [0.29, 0.717) is 31.0 Å². The number of sulfonamides is 1. The molecule has 7 heteroatoms. The summed E-state index contributed by atoms with van der Waals surface area (Å²) in [4.78, 5) is 6.16. The largest absolute Gasteiger partial charge is 0.494 e. The van der Waals surface area contributed by atoms with E-state index in [1.165, 1.54) is 5.56 Å². The first kappa shape index (κ1) is 21.0. The summed E-state index contributed by atoms with van der Waals surface area (Å²) in [5.74, 6) is 0.838. The monoisotopic (exact) mass is 442 g/mol. The molecule has 4 rings (SSSR count). The van der Waals surface area contributed by atoms with Gasteiger partial charge in [-0.1, -0.05) is 25.5 Å². The van der Waals surface area contributed by atoms with Gasteiger partial charge in [0.05, 0.1) is 23.7 Å². The van der Waals surface area contributed by atoms with E-state index < -0.39 is 10.0 Å². The predicted octanol–water partition coefficient (Wildman–Crippen LogP) is 4.91. The Hall–Kier alpha value is -2.22. The smallest absolute Gasteiger partial charge is 0.243 e. The fourth-order valence-electron chi connectivity index (χ4n) is 3.63. The molecule has 2 aromatic carbocycles. The van der Waals surface area contributed by atoms with Gasteiger partial charge in [0.25, 0.3) is 0 Å². The Morgan fingerprint density at radius 3 is 2.47 bits per heavy atom. The molecule has 0 saturated heterocycles. The molecule has 0 unspecified atom stereocenters. The van der Waals surface area contributed by atoms with Crippen LogP contribution in [0.25, 0.3) is 10.6 Å². The Kier molecular flexibility index (Phi) is 6.22. The number of thiazole rings is 1. The van der Waals surface area contributed by atoms with E-state index >= 15 is 0 Å². The number of fused-ring (bicyclic) bond motifs is 1. The maximum atomic E-state index is 13.1. The van der Waals surface area contributed by atoms with Gasteiger partial charge < -0.3 is 4.74 Å². The molecule has 0 radical (unpaired) electrons. The molecule has 0 aliphatic carbocycles. The standard InChI is InChI=1S/C23H26N2O3S2/c1-3-5-17-6-12-20(13-7-17)30(26,27)25-15-14-21-22(16-25)29-23(24-21)18-8-10-19(11-9-18)28-4-2/h6-13H,3-5,14-16H2,1-2H3. The molecule has 3 aromatic rings. The van der Waals surface area contributed by atoms with E-state index in [2.05, 4.69) is 6.92 Å². The van der Waals surface area contributed by atoms with E-state index in [4.69, 9.17) is 9.72 Å². The topological polar surface area (TPSA) is 59.5 Å². The van der Waals surface area contributed by atoms with Crippen LogP contribution in [-0.2, 0) is 29.4 Å². The van der Waals surface area contributed by atoms with E-state index in [0.717, 1.165) is 39.7 Å². The fourth-order valence-corrected chi connectivity index (χ4v) is 6.25. The molecule has 0 atom stereocenters. The number of nitrogens with zero attached hydrogens (tertiary/aromatic N) is 2. The molecule has 0 N–H and O–H groups in total. The number of aromatic nitrogens is 1. The third kappa shape index (κ3) is 4.29. The first-order valence-corrected chi connectivity index (χ1v) is 12.6. The van der Waals surface area contributed by atoms with Crippen LogP contribution in [0, 0.1) is 0 Å². The first-order chi connectivity index (χ1) is 14.5. The SMILES string of the molecule is CCCc1ccc(S(=O)(=O)N2CCc3nc(-c4ccc(OCC)cc4)sc3C2)cc1. The lowest BCUT2D eigenvalue weighted by atomic mass is 10.1. The first-order valence-electron chi connectivity index (χ1n) is 10.3. The van der Waals surface area contributed by atoms with Gasteiger partial charge in [-0.2, -0.15) is 4.31 Å². The number of ether oxygens (including phenoxy) is 1. The Morgan fingerprint density at radius 2 is 1.80 bits per heavy atom. The zero-order valence-electron chi connectivity index (χ0n) is 17.3. The molecule has 0 amide bonds. The van der Waals surface area contributed by atoms with Crippen LogP contribution in [0.4, 0.5) is 0 Å². The summed E-state index contributed by atoms with van der Waals surface area (Å²) in [5, 5.41) is 0.922. The Balaban J connectivity index is 1.53. The average Bonchev–Trinajstić information content (AvgIpc) is 3.18. The van der Waals surface area contributed by atoms with Crippen molar-refractivity contribution in [3.63, 3.8) is 0 Å². The fraction of sp³-hybridized carbons (Fsp3) is 0.348. The Labute approximate surface area is 182 Å². The van der Waals surface area contributed by atoms with E-state index in [1.807, 2.05) is 43.3 Å². The van der Waals surface area contributed by atoms with Crippen molar-refractivity contribution in [3.8, 4) is 16.3 Å². The summed E-state index contributed by atoms with van der Waals surface area (Å²) < 4.78 is 33.4. The third-order valence-corrected chi connectivity index (χ3v) is 8.20. The minimum absolute atomic E-state index is 0.363. The minimum atomic E-state index is -3.51. The predicted molar refractivity (Wildman–Crippen MR) is 120 cm³/mol. The van der Waals surface area contributed by atoms with Crippen LogP contribution in [-0.4, -0.2) is 30.9 Å². The number of benzene rings is 2. The summed E-state index contributed by atoms with van der Waals surface area (Å²) in [6.45, 7) is 5.55. The third-order valence-electron chi connectivity index (χ3n) is 5.21. The lowest BCUT2D eigenvalue weighted by molar-refractivity contribution is 0.340. The minimum Gasteiger partial charge on any atom is -0.494 e. The highest BCUT2D eigenvalue weighted by atomic mass is 32.2. The molecular weight excluding hydrogens is 416 g/mol. The zero-order chi connectivity index (χ0) is 21.1. The average molecular weight is 443 g/mol. The molecule has 0 spiro atoms. The molecule has 5 nitrogen and oxygen atoms in total. The van der Waals surface area contributed by atoms with Crippen LogP contribution >= 0.6 is 11.3 Å². The van der Waals surface area contributed by atoms with Gasteiger partial charge in [-0.05, 0) is 55.3 Å². The van der Waals surface area contributed by atoms with Gasteiger partial charge in [0.2, 0.25) is 10.0 Å². The molecule has 158 valence electrons. The number of hydrogen-bond acceptors (Lipinski definition) is 5. The van der Waals surface area contributed by atoms with Gasteiger partial charge in [-0.15, -0.1) is 11.3 Å². The lowest BCUT2D eigenvalue weighted by Crippen LogP contribution is -2.35. The van der Waals surface area contributed by atoms with E-state index in [1.54, 1.807) is 27.8 Å². The molecule has 1 aliphatic rings. The second-order valence-corrected chi connectivity index (χ2v) is 10.4. The highest BCUT2D eigenvalue weighted by molar-refractivity contribution is 7.89. The summed E-state index contributed by atoms with van der Waals surface area (Å²) in [6, 6.07) is 15.2. The van der Waals surface area contributed by atoms with Crippen LogP contribution < -0.4 is 4.74 Å². The van der Waals surface area contributed by atoms with Crippen LogP contribution in [0.2, 0.25) is 0 Å². The van der Waals surface area contributed by atoms with Gasteiger partial charge >= 0.3 is 0 Å². The van der Waals surface area contributed by atoms with Crippen LogP contribution in [0.15, 0.2) is 53.4 Å². The zero-order valence-corrected chi connectivity index (χ0v) is 18.9. The normalized spacial score (nSPS) is 14.5. The van der Waals surface area contributed by atoms with Crippen molar-refractivity contribution < 1.29 is 13.2 Å². The highest BCUT2D eigenvalue weighted by Crippen LogP contribution is 2.34. The van der Waals surface area contributed by atoms with Gasteiger partial charge in [0.1, 0.15) is 10.8 Å². The molecule has 0 bridgehead atoms. The van der Waals surface area contributed by atoms with E-state index in [-0.39, 0.29) is 0 Å². The highest BCUT2D eigenvalue weighted by Gasteiger charge is 2.30.